The van der Waals surface area contributed by atoms with E-state index < -0.39 is 6.04 Å². The van der Waals surface area contributed by atoms with Gasteiger partial charge in [-0.15, -0.1) is 10.2 Å². The Morgan fingerprint density at radius 1 is 1.05 bits per heavy atom. The largest absolute Gasteiger partial charge is 0.464 e. The van der Waals surface area contributed by atoms with E-state index in [0.29, 0.717) is 29.7 Å². The molecule has 11 heteroatoms. The van der Waals surface area contributed by atoms with Gasteiger partial charge in [0.15, 0.2) is 11.8 Å². The number of carbonyl (C=O) groups excluding carboxylic acids is 2. The fourth-order valence-corrected chi connectivity index (χ4v) is 5.09. The van der Waals surface area contributed by atoms with Crippen molar-refractivity contribution in [3.63, 3.8) is 0 Å². The normalized spacial score (nSPS) is 19.1. The van der Waals surface area contributed by atoms with E-state index in [2.05, 4.69) is 20.7 Å². The van der Waals surface area contributed by atoms with Crippen molar-refractivity contribution in [2.24, 2.45) is 0 Å². The van der Waals surface area contributed by atoms with Crippen molar-refractivity contribution >= 4 is 11.8 Å². The molecule has 5 rings (SSSR count). The van der Waals surface area contributed by atoms with Crippen LogP contribution >= 0.6 is 0 Å². The predicted molar refractivity (Wildman–Crippen MR) is 132 cm³/mol. The van der Waals surface area contributed by atoms with Crippen LogP contribution in [0, 0.1) is 13.8 Å². The molecule has 0 spiro atoms. The number of tetrazole rings is 1. The van der Waals surface area contributed by atoms with E-state index in [1.54, 1.807) is 17.0 Å². The van der Waals surface area contributed by atoms with Crippen molar-refractivity contribution in [1.29, 1.82) is 0 Å². The molecule has 1 saturated heterocycles. The number of nitrogens with one attached hydrogen (secondary N) is 1. The smallest absolute Gasteiger partial charge is 0.250 e. The highest BCUT2D eigenvalue weighted by atomic mass is 16.5. The minimum absolute atomic E-state index is 0.0933. The Labute approximate surface area is 215 Å². The quantitative estimate of drug-likeness (QED) is 0.464. The highest BCUT2D eigenvalue weighted by Gasteiger charge is 2.37. The molecule has 11 nitrogen and oxygen atoms in total. The Bertz CT molecular complexity index is 1200. The lowest BCUT2D eigenvalue weighted by Crippen LogP contribution is -2.49. The monoisotopic (exact) mass is 510 g/mol. The van der Waals surface area contributed by atoms with Crippen LogP contribution in [0.3, 0.4) is 0 Å². The summed E-state index contributed by atoms with van der Waals surface area (Å²) in [5.41, 5.74) is 0. The Kier molecular flexibility index (Phi) is 7.68. The van der Waals surface area contributed by atoms with Gasteiger partial charge in [0.1, 0.15) is 23.8 Å². The molecule has 3 aromatic rings. The van der Waals surface area contributed by atoms with Crippen molar-refractivity contribution in [1.82, 2.24) is 30.4 Å². The molecule has 1 aliphatic heterocycles. The highest BCUT2D eigenvalue weighted by molar-refractivity contribution is 5.88. The molecule has 4 heterocycles. The maximum Gasteiger partial charge on any atom is 0.250 e. The molecule has 3 aromatic heterocycles. The Morgan fingerprint density at radius 2 is 1.84 bits per heavy atom. The van der Waals surface area contributed by atoms with Gasteiger partial charge in [0.2, 0.25) is 11.7 Å². The zero-order valence-corrected chi connectivity index (χ0v) is 21.4. The Hall–Kier alpha value is -3.47. The summed E-state index contributed by atoms with van der Waals surface area (Å²) in [6, 6.07) is 6.31. The number of aromatic nitrogens is 4. The van der Waals surface area contributed by atoms with Crippen LogP contribution in [0.2, 0.25) is 0 Å². The van der Waals surface area contributed by atoms with Crippen molar-refractivity contribution in [3.05, 3.63) is 41.5 Å². The van der Waals surface area contributed by atoms with Crippen molar-refractivity contribution in [2.45, 2.75) is 83.5 Å². The van der Waals surface area contributed by atoms with E-state index in [0.717, 1.165) is 44.3 Å². The first-order valence-corrected chi connectivity index (χ1v) is 13.1. The van der Waals surface area contributed by atoms with Crippen LogP contribution in [0.25, 0.3) is 11.6 Å². The summed E-state index contributed by atoms with van der Waals surface area (Å²) >= 11 is 0. The lowest BCUT2D eigenvalue weighted by atomic mass is 9.95. The summed E-state index contributed by atoms with van der Waals surface area (Å²) in [4.78, 5) is 30.3. The van der Waals surface area contributed by atoms with Gasteiger partial charge in [0.05, 0.1) is 6.10 Å². The van der Waals surface area contributed by atoms with Crippen LogP contribution in [-0.4, -0.2) is 62.2 Å². The molecular weight excluding hydrogens is 476 g/mol. The van der Waals surface area contributed by atoms with Crippen LogP contribution in [0.1, 0.15) is 68.3 Å². The average Bonchev–Trinajstić information content (AvgIpc) is 3.69. The molecule has 2 atom stereocenters. The van der Waals surface area contributed by atoms with E-state index in [1.165, 1.54) is 11.2 Å². The summed E-state index contributed by atoms with van der Waals surface area (Å²) in [5.74, 6) is 2.02. The third-order valence-corrected chi connectivity index (χ3v) is 6.98. The second kappa shape index (κ2) is 11.3. The lowest BCUT2D eigenvalue weighted by Gasteiger charge is -2.33. The summed E-state index contributed by atoms with van der Waals surface area (Å²) in [6.45, 7) is 4.37. The first kappa shape index (κ1) is 25.2. The maximum atomic E-state index is 13.8. The molecule has 198 valence electrons. The molecule has 2 amide bonds. The van der Waals surface area contributed by atoms with Crippen LogP contribution in [0.5, 0.6) is 0 Å². The van der Waals surface area contributed by atoms with Gasteiger partial charge in [-0.1, -0.05) is 19.3 Å². The number of ether oxygens (including phenoxy) is 1. The van der Waals surface area contributed by atoms with E-state index in [1.807, 2.05) is 26.0 Å². The zero-order chi connectivity index (χ0) is 25.8. The zero-order valence-electron chi connectivity index (χ0n) is 21.4. The van der Waals surface area contributed by atoms with Crippen molar-refractivity contribution in [3.8, 4) is 11.6 Å². The number of carbonyl (C=O) groups is 2. The summed E-state index contributed by atoms with van der Waals surface area (Å²) in [6.07, 6.45) is 6.81. The Morgan fingerprint density at radius 3 is 2.51 bits per heavy atom. The standard InChI is InChI=1S/C26H34N6O5/c1-17-10-12-21(36-17)24(26(34)27-19-7-4-3-5-8-19)31(15-20-9-6-14-35-20)23(33)16-32-29-25(28-30-32)22-13-11-18(2)37-22/h10-13,19-20,24H,3-9,14-16H2,1-2H3,(H,27,34)/t20-,24+/m0/s1. The molecule has 0 aromatic carbocycles. The molecule has 0 bridgehead atoms. The number of hydrogen-bond acceptors (Lipinski definition) is 8. The van der Waals surface area contributed by atoms with E-state index in [-0.39, 0.29) is 37.0 Å². The van der Waals surface area contributed by atoms with Gasteiger partial charge >= 0.3 is 0 Å². The molecule has 1 N–H and O–H groups in total. The first-order chi connectivity index (χ1) is 18.0. The van der Waals surface area contributed by atoms with Gasteiger partial charge in [-0.25, -0.2) is 0 Å². The molecule has 0 radical (unpaired) electrons. The second-order valence-electron chi connectivity index (χ2n) is 9.93. The number of nitrogens with zero attached hydrogens (tertiary/aromatic N) is 5. The average molecular weight is 511 g/mol. The predicted octanol–water partition coefficient (Wildman–Crippen LogP) is 3.34. The second-order valence-corrected chi connectivity index (χ2v) is 9.93. The van der Waals surface area contributed by atoms with Crippen LogP contribution in [0.4, 0.5) is 0 Å². The molecular formula is C26H34N6O5. The maximum absolute atomic E-state index is 13.8. The van der Waals surface area contributed by atoms with E-state index >= 15 is 0 Å². The Balaban J connectivity index is 1.40. The summed E-state index contributed by atoms with van der Waals surface area (Å²) < 4.78 is 17.3. The van der Waals surface area contributed by atoms with Gasteiger partial charge in [-0.3, -0.25) is 9.59 Å². The van der Waals surface area contributed by atoms with Gasteiger partial charge in [-0.2, -0.15) is 4.80 Å². The number of hydrogen-bond donors (Lipinski definition) is 1. The van der Waals surface area contributed by atoms with Crippen LogP contribution in [-0.2, 0) is 20.9 Å². The van der Waals surface area contributed by atoms with Crippen molar-refractivity contribution in [2.75, 3.05) is 13.2 Å². The van der Waals surface area contributed by atoms with Gasteiger partial charge < -0.3 is 23.8 Å². The molecule has 0 unspecified atom stereocenters. The number of amides is 2. The minimum Gasteiger partial charge on any atom is -0.464 e. The number of furan rings is 2. The van der Waals surface area contributed by atoms with E-state index in [9.17, 15) is 9.59 Å². The van der Waals surface area contributed by atoms with Crippen molar-refractivity contribution < 1.29 is 23.2 Å². The van der Waals surface area contributed by atoms with Gasteiger partial charge in [0, 0.05) is 19.2 Å². The molecule has 2 fully saturated rings. The fourth-order valence-electron chi connectivity index (χ4n) is 5.09. The fraction of sp³-hybridized carbons (Fsp3) is 0.577. The highest BCUT2D eigenvalue weighted by Crippen LogP contribution is 2.28. The third-order valence-electron chi connectivity index (χ3n) is 6.98. The molecule has 1 aliphatic carbocycles. The molecule has 1 saturated carbocycles. The van der Waals surface area contributed by atoms with Crippen LogP contribution in [0.15, 0.2) is 33.1 Å². The minimum atomic E-state index is -0.928. The third kappa shape index (κ3) is 6.10. The SMILES string of the molecule is Cc1ccc(-c2nnn(CC(=O)N(C[C@@H]3CCCO3)[C@@H](C(=O)NC3CCCCC3)c3ccc(C)o3)n2)o1. The van der Waals surface area contributed by atoms with Gasteiger partial charge in [-0.05, 0) is 69.0 Å². The molecule has 37 heavy (non-hydrogen) atoms. The first-order valence-electron chi connectivity index (χ1n) is 13.1. The van der Waals surface area contributed by atoms with E-state index in [4.69, 9.17) is 13.6 Å². The summed E-state index contributed by atoms with van der Waals surface area (Å²) in [7, 11) is 0. The summed E-state index contributed by atoms with van der Waals surface area (Å²) in [5, 5.41) is 15.6. The number of rotatable bonds is 9. The van der Waals surface area contributed by atoms with Crippen LogP contribution < -0.4 is 5.32 Å². The van der Waals surface area contributed by atoms with Gasteiger partial charge in [0.25, 0.3) is 5.91 Å². The number of aryl methyl sites for hydroxylation is 2. The topological polar surface area (TPSA) is 129 Å². The lowest BCUT2D eigenvalue weighted by molar-refractivity contribution is -0.144. The molecule has 2 aliphatic rings.